The summed E-state index contributed by atoms with van der Waals surface area (Å²) in [5.74, 6) is 0. The van der Waals surface area contributed by atoms with Crippen LogP contribution < -0.4 is 5.32 Å². The Bertz CT molecular complexity index is 261. The molecule has 1 saturated heterocycles. The van der Waals surface area contributed by atoms with Crippen molar-refractivity contribution in [2.24, 2.45) is 5.41 Å². The number of nitrogens with one attached hydrogen (secondary N) is 1. The molecular weight excluding hydrogens is 205 g/mol. The number of halogens is 3. The zero-order valence-corrected chi connectivity index (χ0v) is 8.53. The topological polar surface area (TPSA) is 15.3 Å². The third-order valence-corrected chi connectivity index (χ3v) is 4.39. The fourth-order valence-corrected chi connectivity index (χ4v) is 3.51. The maximum Gasteiger partial charge on any atom is 0.394 e. The molecule has 4 fully saturated rings. The van der Waals surface area contributed by atoms with Crippen LogP contribution in [0.3, 0.4) is 0 Å². The summed E-state index contributed by atoms with van der Waals surface area (Å²) in [6, 6.07) is 0. The molecule has 3 saturated carbocycles. The van der Waals surface area contributed by atoms with Gasteiger partial charge < -0.3 is 5.32 Å². The Labute approximate surface area is 86.8 Å². The first-order valence-corrected chi connectivity index (χ1v) is 5.50. The van der Waals surface area contributed by atoms with Gasteiger partial charge in [0.2, 0.25) is 0 Å². The molecule has 0 amide bonds. The monoisotopic (exact) mass is 220 g/mol. The molecule has 1 N–H and O–H groups in total. The van der Waals surface area contributed by atoms with Gasteiger partial charge in [-0.05, 0) is 19.3 Å². The first-order valence-electron chi connectivity index (χ1n) is 5.50. The molecule has 4 rings (SSSR count). The summed E-state index contributed by atoms with van der Waals surface area (Å²) in [6.07, 6.45) is -2.92. The molecule has 2 nitrogen and oxygen atoms in total. The lowest BCUT2D eigenvalue weighted by Gasteiger charge is -2.74. The van der Waals surface area contributed by atoms with Crippen molar-refractivity contribution in [1.82, 2.24) is 10.2 Å². The van der Waals surface area contributed by atoms with Crippen LogP contribution in [-0.2, 0) is 0 Å². The Kier molecular flexibility index (Phi) is 1.77. The van der Waals surface area contributed by atoms with Gasteiger partial charge in [-0.1, -0.05) is 0 Å². The highest BCUT2D eigenvalue weighted by atomic mass is 19.4. The minimum absolute atomic E-state index is 0.0718. The SMILES string of the molecule is FC(F)(F)C12CC(N3CCNCC3)(C1)C2. The number of rotatable bonds is 1. The molecule has 15 heavy (non-hydrogen) atoms. The minimum atomic E-state index is -3.97. The van der Waals surface area contributed by atoms with Gasteiger partial charge in [-0.25, -0.2) is 0 Å². The normalized spacial score (nSPS) is 45.8. The molecule has 4 aliphatic rings. The second-order valence-electron chi connectivity index (χ2n) is 5.27. The molecule has 0 aromatic heterocycles. The molecule has 0 unspecified atom stereocenters. The molecule has 0 radical (unpaired) electrons. The number of nitrogens with zero attached hydrogens (tertiary/aromatic N) is 1. The Hall–Kier alpha value is -0.290. The van der Waals surface area contributed by atoms with E-state index in [2.05, 4.69) is 10.2 Å². The van der Waals surface area contributed by atoms with Gasteiger partial charge in [0.1, 0.15) is 0 Å². The molecule has 1 aliphatic heterocycles. The minimum Gasteiger partial charge on any atom is -0.314 e. The average molecular weight is 220 g/mol. The summed E-state index contributed by atoms with van der Waals surface area (Å²) in [7, 11) is 0. The molecule has 86 valence electrons. The van der Waals surface area contributed by atoms with E-state index in [-0.39, 0.29) is 5.54 Å². The molecule has 0 aromatic rings. The van der Waals surface area contributed by atoms with Gasteiger partial charge in [-0.15, -0.1) is 0 Å². The lowest BCUT2D eigenvalue weighted by Crippen LogP contribution is -2.79. The number of hydrogen-bond donors (Lipinski definition) is 1. The molecule has 5 heteroatoms. The first-order chi connectivity index (χ1) is 6.98. The number of alkyl halides is 3. The molecular formula is C10H15F3N2. The first kappa shape index (κ1) is 9.90. The fraction of sp³-hybridized carbons (Fsp3) is 1.00. The molecule has 2 bridgehead atoms. The van der Waals surface area contributed by atoms with Crippen LogP contribution in [0, 0.1) is 5.41 Å². The number of piperazine rings is 1. The third-order valence-electron chi connectivity index (χ3n) is 4.39. The van der Waals surface area contributed by atoms with Crippen molar-refractivity contribution in [2.75, 3.05) is 26.2 Å². The highest BCUT2D eigenvalue weighted by Gasteiger charge is 2.79. The van der Waals surface area contributed by atoms with E-state index in [0.29, 0.717) is 19.3 Å². The van der Waals surface area contributed by atoms with Gasteiger partial charge >= 0.3 is 6.18 Å². The van der Waals surface area contributed by atoms with Gasteiger partial charge in [0, 0.05) is 31.7 Å². The zero-order valence-electron chi connectivity index (χ0n) is 8.53. The Morgan fingerprint density at radius 2 is 1.53 bits per heavy atom. The quantitative estimate of drug-likeness (QED) is 0.718. The summed E-state index contributed by atoms with van der Waals surface area (Å²) in [6.45, 7) is 3.66. The highest BCUT2D eigenvalue weighted by molar-refractivity contribution is 5.26. The smallest absolute Gasteiger partial charge is 0.314 e. The van der Waals surface area contributed by atoms with Crippen LogP contribution in [0.15, 0.2) is 0 Å². The predicted octanol–water partition coefficient (Wildman–Crippen LogP) is 1.38. The van der Waals surface area contributed by atoms with E-state index in [0.717, 1.165) is 26.2 Å². The van der Waals surface area contributed by atoms with Crippen molar-refractivity contribution in [2.45, 2.75) is 31.0 Å². The third kappa shape index (κ3) is 1.13. The van der Waals surface area contributed by atoms with Crippen LogP contribution >= 0.6 is 0 Å². The molecule has 0 spiro atoms. The lowest BCUT2D eigenvalue weighted by molar-refractivity contribution is -0.362. The zero-order chi connectivity index (χ0) is 10.7. The fourth-order valence-electron chi connectivity index (χ4n) is 3.51. The van der Waals surface area contributed by atoms with Crippen LogP contribution in [0.2, 0.25) is 0 Å². The van der Waals surface area contributed by atoms with Crippen molar-refractivity contribution in [3.05, 3.63) is 0 Å². The van der Waals surface area contributed by atoms with Gasteiger partial charge in [-0.2, -0.15) is 13.2 Å². The van der Waals surface area contributed by atoms with Crippen LogP contribution in [0.5, 0.6) is 0 Å². The van der Waals surface area contributed by atoms with Gasteiger partial charge in [0.25, 0.3) is 0 Å². The Morgan fingerprint density at radius 3 is 2.00 bits per heavy atom. The van der Waals surface area contributed by atoms with Crippen molar-refractivity contribution in [1.29, 1.82) is 0 Å². The maximum absolute atomic E-state index is 12.6. The van der Waals surface area contributed by atoms with Crippen LogP contribution in [0.1, 0.15) is 19.3 Å². The van der Waals surface area contributed by atoms with Gasteiger partial charge in [0.05, 0.1) is 5.41 Å². The van der Waals surface area contributed by atoms with E-state index in [1.807, 2.05) is 0 Å². The van der Waals surface area contributed by atoms with Gasteiger partial charge in [0.15, 0.2) is 0 Å². The van der Waals surface area contributed by atoms with Gasteiger partial charge in [-0.3, -0.25) is 4.90 Å². The second-order valence-corrected chi connectivity index (χ2v) is 5.27. The Balaban J connectivity index is 1.65. The van der Waals surface area contributed by atoms with E-state index in [9.17, 15) is 13.2 Å². The molecule has 1 heterocycles. The summed E-state index contributed by atoms with van der Waals surface area (Å²) < 4.78 is 37.9. The van der Waals surface area contributed by atoms with Crippen molar-refractivity contribution >= 4 is 0 Å². The molecule has 0 atom stereocenters. The maximum atomic E-state index is 12.6. The van der Waals surface area contributed by atoms with Crippen molar-refractivity contribution < 1.29 is 13.2 Å². The predicted molar refractivity (Wildman–Crippen MR) is 49.5 cm³/mol. The summed E-state index contributed by atoms with van der Waals surface area (Å²) in [4.78, 5) is 2.26. The molecule has 3 aliphatic carbocycles. The van der Waals surface area contributed by atoms with Crippen molar-refractivity contribution in [3.8, 4) is 0 Å². The second kappa shape index (κ2) is 2.69. The van der Waals surface area contributed by atoms with Crippen LogP contribution in [-0.4, -0.2) is 42.8 Å². The summed E-state index contributed by atoms with van der Waals surface area (Å²) >= 11 is 0. The van der Waals surface area contributed by atoms with E-state index in [4.69, 9.17) is 0 Å². The largest absolute Gasteiger partial charge is 0.394 e. The highest BCUT2D eigenvalue weighted by Crippen LogP contribution is 2.75. The molecule has 0 aromatic carbocycles. The summed E-state index contributed by atoms with van der Waals surface area (Å²) in [5, 5.41) is 3.23. The number of hydrogen-bond acceptors (Lipinski definition) is 2. The van der Waals surface area contributed by atoms with Crippen LogP contribution in [0.25, 0.3) is 0 Å². The standard InChI is InChI=1S/C10H15F3N2/c11-10(12,13)8-5-9(6-8,7-8)15-3-1-14-2-4-15/h14H,1-7H2. The van der Waals surface area contributed by atoms with E-state index in [1.54, 1.807) is 0 Å². The summed E-state index contributed by atoms with van der Waals surface area (Å²) in [5.41, 5.74) is -1.37. The lowest BCUT2D eigenvalue weighted by atomic mass is 9.38. The van der Waals surface area contributed by atoms with E-state index < -0.39 is 11.6 Å². The Morgan fingerprint density at radius 1 is 1.00 bits per heavy atom. The van der Waals surface area contributed by atoms with Crippen molar-refractivity contribution in [3.63, 3.8) is 0 Å². The van der Waals surface area contributed by atoms with E-state index >= 15 is 0 Å². The van der Waals surface area contributed by atoms with E-state index in [1.165, 1.54) is 0 Å². The van der Waals surface area contributed by atoms with Crippen LogP contribution in [0.4, 0.5) is 13.2 Å². The average Bonchev–Trinajstić information content (AvgIpc) is 1.98.